The fraction of sp³-hybridized carbons (Fsp3) is 0.586. The number of Topliss-reactive ketones (excluding diaryl/α,β-unsaturated/α-hetero) is 1. The van der Waals surface area contributed by atoms with E-state index in [1.165, 1.54) is 4.52 Å². The van der Waals surface area contributed by atoms with Gasteiger partial charge in [0.25, 0.3) is 5.78 Å². The van der Waals surface area contributed by atoms with Gasteiger partial charge in [-0.1, -0.05) is 26.7 Å². The summed E-state index contributed by atoms with van der Waals surface area (Å²) in [5.41, 5.74) is 3.72. The molecular formula is C29H37N5O3. The smallest absolute Gasteiger partial charge is 0.317 e. The molecule has 2 aliphatic rings. The third-order valence-electron chi connectivity index (χ3n) is 7.88. The minimum Gasteiger partial charge on any atom is -0.458 e. The van der Waals surface area contributed by atoms with Crippen molar-refractivity contribution < 1.29 is 17.1 Å². The molecule has 1 aliphatic carbocycles. The highest BCUT2D eigenvalue weighted by Crippen LogP contribution is 2.45. The van der Waals surface area contributed by atoms with Gasteiger partial charge in [-0.15, -0.1) is 5.10 Å². The lowest BCUT2D eigenvalue weighted by atomic mass is 9.73. The van der Waals surface area contributed by atoms with Gasteiger partial charge in [0.2, 0.25) is 0 Å². The molecule has 0 amide bonds. The fourth-order valence-corrected chi connectivity index (χ4v) is 5.92. The topological polar surface area (TPSA) is 99.3 Å². The maximum Gasteiger partial charge on any atom is 0.317 e. The number of esters is 1. The number of ketones is 1. The van der Waals surface area contributed by atoms with Gasteiger partial charge < -0.3 is 4.74 Å². The highest BCUT2D eigenvalue weighted by Gasteiger charge is 2.51. The van der Waals surface area contributed by atoms with Crippen LogP contribution in [0.1, 0.15) is 89.3 Å². The second-order valence-electron chi connectivity index (χ2n) is 10.5. The monoisotopic (exact) mass is 505 g/mol. The van der Waals surface area contributed by atoms with E-state index in [0.29, 0.717) is 12.8 Å². The zero-order chi connectivity index (χ0) is 27.9. The van der Waals surface area contributed by atoms with E-state index in [0.717, 1.165) is 66.9 Å². The van der Waals surface area contributed by atoms with Crippen LogP contribution < -0.4 is 0 Å². The largest absolute Gasteiger partial charge is 0.458 e. The standard InChI is InChI=1S/C29H37N5O3/c1-5-22-14-20(15-23(6-2)31-22)11-12-29(21-9-7-8-10-21)17-25(35)24(27(36)37-29)16-26-32-28-30-18(3)13-19(4)34(28)33-26/h13-15,21,24H,5-12,16-17H2,1-4H3/t24?,29-/m1/s1/i16D2. The van der Waals surface area contributed by atoms with Gasteiger partial charge in [-0.2, -0.15) is 4.98 Å². The Kier molecular flexibility index (Phi) is 6.40. The molecule has 3 aromatic rings. The predicted octanol–water partition coefficient (Wildman–Crippen LogP) is 4.50. The second kappa shape index (κ2) is 10.3. The molecule has 0 spiro atoms. The molecule has 1 saturated carbocycles. The summed E-state index contributed by atoms with van der Waals surface area (Å²) in [6, 6.07) is 6.01. The molecule has 0 aromatic carbocycles. The molecule has 0 N–H and O–H groups in total. The highest BCUT2D eigenvalue weighted by molar-refractivity contribution is 6.01. The first-order chi connectivity index (χ1) is 18.6. The quantitative estimate of drug-likeness (QED) is 0.328. The van der Waals surface area contributed by atoms with Crippen LogP contribution in [0.5, 0.6) is 0 Å². The predicted molar refractivity (Wildman–Crippen MR) is 139 cm³/mol. The van der Waals surface area contributed by atoms with Crippen LogP contribution >= 0.6 is 0 Å². The van der Waals surface area contributed by atoms with Gasteiger partial charge in [0.15, 0.2) is 11.6 Å². The van der Waals surface area contributed by atoms with E-state index in [2.05, 4.69) is 46.0 Å². The molecule has 2 atom stereocenters. The number of aryl methyl sites for hydroxylation is 5. The number of carbonyl (C=O) groups excluding carboxylic acids is 2. The van der Waals surface area contributed by atoms with Gasteiger partial charge in [0.1, 0.15) is 11.5 Å². The summed E-state index contributed by atoms with van der Waals surface area (Å²) in [6.07, 6.45) is 4.30. The van der Waals surface area contributed by atoms with E-state index in [-0.39, 0.29) is 23.9 Å². The van der Waals surface area contributed by atoms with Crippen molar-refractivity contribution in [2.75, 3.05) is 0 Å². The van der Waals surface area contributed by atoms with Gasteiger partial charge in [0, 0.05) is 38.3 Å². The molecular weight excluding hydrogens is 466 g/mol. The summed E-state index contributed by atoms with van der Waals surface area (Å²) in [7, 11) is 0. The molecule has 8 nitrogen and oxygen atoms in total. The van der Waals surface area contributed by atoms with Crippen molar-refractivity contribution in [1.29, 1.82) is 0 Å². The zero-order valence-electron chi connectivity index (χ0n) is 24.2. The Morgan fingerprint density at radius 1 is 1.05 bits per heavy atom. The van der Waals surface area contributed by atoms with Crippen LogP contribution in [0.4, 0.5) is 0 Å². The van der Waals surface area contributed by atoms with Crippen molar-refractivity contribution in [2.45, 2.75) is 97.5 Å². The maximum atomic E-state index is 13.7. The van der Waals surface area contributed by atoms with E-state index in [4.69, 9.17) is 7.48 Å². The number of rotatable bonds is 8. The molecule has 0 bridgehead atoms. The van der Waals surface area contributed by atoms with E-state index >= 15 is 0 Å². The number of nitrogens with zero attached hydrogens (tertiary/aromatic N) is 5. The van der Waals surface area contributed by atoms with Crippen molar-refractivity contribution in [3.05, 3.63) is 52.4 Å². The van der Waals surface area contributed by atoms with Gasteiger partial charge in [-0.3, -0.25) is 14.6 Å². The molecule has 3 aromatic heterocycles. The van der Waals surface area contributed by atoms with Gasteiger partial charge in [-0.25, -0.2) is 9.50 Å². The van der Waals surface area contributed by atoms with Crippen LogP contribution in [0, 0.1) is 25.7 Å². The SMILES string of the molecule is [2H]C([2H])(c1nc2nc(C)cc(C)n2n1)C1C(=O)C[C@](CCc2cc(CC)nc(CC)c2)(C2CCCC2)OC1=O. The number of aromatic nitrogens is 5. The molecule has 2 fully saturated rings. The summed E-state index contributed by atoms with van der Waals surface area (Å²) in [5, 5.41) is 4.29. The minimum absolute atomic E-state index is 0.00366. The Hall–Kier alpha value is -3.16. The average Bonchev–Trinajstić information content (AvgIpc) is 3.58. The van der Waals surface area contributed by atoms with Crippen molar-refractivity contribution in [3.63, 3.8) is 0 Å². The molecule has 8 heteroatoms. The van der Waals surface area contributed by atoms with Crippen molar-refractivity contribution in [1.82, 2.24) is 24.6 Å². The van der Waals surface area contributed by atoms with Crippen LogP contribution in [0.15, 0.2) is 18.2 Å². The molecule has 37 heavy (non-hydrogen) atoms. The first kappa shape index (κ1) is 23.0. The first-order valence-corrected chi connectivity index (χ1v) is 13.5. The van der Waals surface area contributed by atoms with Crippen LogP contribution in [-0.2, 0) is 40.0 Å². The number of pyridine rings is 1. The fourth-order valence-electron chi connectivity index (χ4n) is 5.92. The lowest BCUT2D eigenvalue weighted by molar-refractivity contribution is -0.185. The summed E-state index contributed by atoms with van der Waals surface area (Å²) >= 11 is 0. The summed E-state index contributed by atoms with van der Waals surface area (Å²) in [6.45, 7) is 7.80. The van der Waals surface area contributed by atoms with Crippen LogP contribution in [0.3, 0.4) is 0 Å². The first-order valence-electron chi connectivity index (χ1n) is 14.5. The Bertz CT molecular complexity index is 1370. The van der Waals surface area contributed by atoms with Gasteiger partial charge in [-0.05, 0) is 82.1 Å². The summed E-state index contributed by atoms with van der Waals surface area (Å²) in [5.74, 6) is -2.80. The lowest BCUT2D eigenvalue weighted by Crippen LogP contribution is -2.52. The summed E-state index contributed by atoms with van der Waals surface area (Å²) in [4.78, 5) is 40.6. The Balaban J connectivity index is 1.43. The lowest BCUT2D eigenvalue weighted by Gasteiger charge is -2.43. The molecule has 196 valence electrons. The molecule has 0 radical (unpaired) electrons. The summed E-state index contributed by atoms with van der Waals surface area (Å²) < 4.78 is 25.3. The zero-order valence-corrected chi connectivity index (χ0v) is 22.2. The second-order valence-corrected chi connectivity index (χ2v) is 10.5. The van der Waals surface area contributed by atoms with E-state index < -0.39 is 29.6 Å². The van der Waals surface area contributed by atoms with Crippen LogP contribution in [-0.4, -0.2) is 41.9 Å². The third kappa shape index (κ3) is 5.15. The highest BCUT2D eigenvalue weighted by atomic mass is 16.6. The Labute approximate surface area is 221 Å². The number of fused-ring (bicyclic) bond motifs is 1. The van der Waals surface area contributed by atoms with Gasteiger partial charge >= 0.3 is 5.97 Å². The van der Waals surface area contributed by atoms with Gasteiger partial charge in [0.05, 0.1) is 0 Å². The average molecular weight is 506 g/mol. The van der Waals surface area contributed by atoms with Crippen molar-refractivity contribution in [2.24, 2.45) is 11.8 Å². The number of carbonyl (C=O) groups is 2. The van der Waals surface area contributed by atoms with E-state index in [9.17, 15) is 9.59 Å². The number of cyclic esters (lactones) is 1. The van der Waals surface area contributed by atoms with E-state index in [1.54, 1.807) is 0 Å². The molecule has 1 aliphatic heterocycles. The number of ether oxygens (including phenoxy) is 1. The maximum absolute atomic E-state index is 13.7. The number of hydrogen-bond donors (Lipinski definition) is 0. The van der Waals surface area contributed by atoms with Crippen molar-refractivity contribution in [3.8, 4) is 0 Å². The number of hydrogen-bond acceptors (Lipinski definition) is 7. The Morgan fingerprint density at radius 3 is 2.41 bits per heavy atom. The van der Waals surface area contributed by atoms with Crippen LogP contribution in [0.2, 0.25) is 0 Å². The van der Waals surface area contributed by atoms with Crippen molar-refractivity contribution >= 4 is 17.5 Å². The minimum atomic E-state index is -2.43. The third-order valence-corrected chi connectivity index (χ3v) is 7.88. The molecule has 1 unspecified atom stereocenters. The van der Waals surface area contributed by atoms with E-state index in [1.807, 2.05) is 19.9 Å². The molecule has 5 rings (SSSR count). The normalized spacial score (nSPS) is 23.8. The Morgan fingerprint density at radius 2 is 1.76 bits per heavy atom. The molecule has 4 heterocycles. The van der Waals surface area contributed by atoms with Crippen LogP contribution in [0.25, 0.3) is 5.78 Å². The molecule has 1 saturated heterocycles.